The number of Topliss-reactive ketones (excluding diaryl/α,β-unsaturated/α-hetero) is 1. The third-order valence-corrected chi connectivity index (χ3v) is 5.18. The standard InChI is InChI=1S/C25H32N2O3S/c1-2-11-24(31)26-17-10-9-16-22(23(28)18-20-12-5-3-6-13-20)27-25(29)30-19-21-14-7-4-8-15-21/h3-8,12-15,22H,2,9-11,16-19H2,1H3,(H,26,31)(H,27,29)/t22-/m0/s1. The Morgan fingerprint density at radius 3 is 2.26 bits per heavy atom. The van der Waals surface area contributed by atoms with Gasteiger partial charge in [-0.2, -0.15) is 0 Å². The van der Waals surface area contributed by atoms with E-state index in [2.05, 4.69) is 17.6 Å². The largest absolute Gasteiger partial charge is 0.445 e. The van der Waals surface area contributed by atoms with Crippen LogP contribution < -0.4 is 10.6 Å². The van der Waals surface area contributed by atoms with Crippen molar-refractivity contribution in [3.63, 3.8) is 0 Å². The van der Waals surface area contributed by atoms with Crippen LogP contribution in [0.1, 0.15) is 50.2 Å². The number of hydrogen-bond acceptors (Lipinski definition) is 4. The van der Waals surface area contributed by atoms with E-state index in [-0.39, 0.29) is 18.8 Å². The molecular weight excluding hydrogens is 408 g/mol. The predicted molar refractivity (Wildman–Crippen MR) is 128 cm³/mol. The van der Waals surface area contributed by atoms with Crippen LogP contribution in [0.3, 0.4) is 0 Å². The van der Waals surface area contributed by atoms with Crippen molar-refractivity contribution in [1.29, 1.82) is 0 Å². The highest BCUT2D eigenvalue weighted by molar-refractivity contribution is 7.80. The highest BCUT2D eigenvalue weighted by atomic mass is 32.1. The molecule has 0 fully saturated rings. The van der Waals surface area contributed by atoms with E-state index in [1.165, 1.54) is 0 Å². The Balaban J connectivity index is 1.85. The first kappa shape index (κ1) is 24.5. The van der Waals surface area contributed by atoms with Crippen molar-refractivity contribution < 1.29 is 14.3 Å². The second-order valence-electron chi connectivity index (χ2n) is 7.48. The lowest BCUT2D eigenvalue weighted by Crippen LogP contribution is -2.42. The highest BCUT2D eigenvalue weighted by Gasteiger charge is 2.21. The van der Waals surface area contributed by atoms with Crippen LogP contribution in [0.25, 0.3) is 0 Å². The van der Waals surface area contributed by atoms with Crippen molar-refractivity contribution >= 4 is 29.1 Å². The molecule has 0 aliphatic rings. The maximum absolute atomic E-state index is 12.9. The van der Waals surface area contributed by atoms with Gasteiger partial charge in [0.2, 0.25) is 0 Å². The zero-order chi connectivity index (χ0) is 22.3. The van der Waals surface area contributed by atoms with Gasteiger partial charge in [0.1, 0.15) is 6.61 Å². The number of unbranched alkanes of at least 4 members (excludes halogenated alkanes) is 1. The number of benzene rings is 2. The Bertz CT molecular complexity index is 812. The molecule has 0 spiro atoms. The van der Waals surface area contributed by atoms with Crippen LogP contribution >= 0.6 is 12.2 Å². The molecule has 0 heterocycles. The number of carbonyl (C=O) groups excluding carboxylic acids is 2. The first-order valence-corrected chi connectivity index (χ1v) is 11.3. The molecule has 0 aliphatic carbocycles. The number of thiocarbonyl (C=S) groups is 1. The molecular formula is C25H32N2O3S. The number of nitrogens with one attached hydrogen (secondary N) is 2. The maximum Gasteiger partial charge on any atom is 0.408 e. The summed E-state index contributed by atoms with van der Waals surface area (Å²) >= 11 is 5.26. The highest BCUT2D eigenvalue weighted by Crippen LogP contribution is 2.09. The molecule has 0 saturated carbocycles. The summed E-state index contributed by atoms with van der Waals surface area (Å²) in [5, 5.41) is 6.01. The lowest BCUT2D eigenvalue weighted by atomic mass is 9.99. The van der Waals surface area contributed by atoms with Crippen LogP contribution in [0.4, 0.5) is 4.79 Å². The number of ether oxygens (including phenoxy) is 1. The van der Waals surface area contributed by atoms with Gasteiger partial charge < -0.3 is 15.4 Å². The number of amides is 1. The van der Waals surface area contributed by atoms with E-state index in [0.29, 0.717) is 6.42 Å². The van der Waals surface area contributed by atoms with Gasteiger partial charge in [0, 0.05) is 13.0 Å². The summed E-state index contributed by atoms with van der Waals surface area (Å²) in [4.78, 5) is 26.1. The number of alkyl carbamates (subject to hydrolysis) is 1. The lowest BCUT2D eigenvalue weighted by Gasteiger charge is -2.18. The van der Waals surface area contributed by atoms with E-state index in [0.717, 1.165) is 48.3 Å². The fraction of sp³-hybridized carbons (Fsp3) is 0.400. The molecule has 2 N–H and O–H groups in total. The number of carbonyl (C=O) groups is 2. The summed E-state index contributed by atoms with van der Waals surface area (Å²) < 4.78 is 5.31. The molecule has 2 rings (SSSR count). The van der Waals surface area contributed by atoms with Crippen LogP contribution in [0, 0.1) is 0 Å². The minimum absolute atomic E-state index is 0.0164. The molecule has 5 nitrogen and oxygen atoms in total. The Morgan fingerprint density at radius 2 is 1.61 bits per heavy atom. The fourth-order valence-electron chi connectivity index (χ4n) is 3.16. The quantitative estimate of drug-likeness (QED) is 0.340. The molecule has 1 atom stereocenters. The molecule has 1 amide bonds. The van der Waals surface area contributed by atoms with Crippen molar-refractivity contribution in [3.05, 3.63) is 71.8 Å². The molecule has 2 aromatic carbocycles. The zero-order valence-corrected chi connectivity index (χ0v) is 19.0. The smallest absolute Gasteiger partial charge is 0.408 e. The molecule has 2 aromatic rings. The number of ketones is 1. The molecule has 0 bridgehead atoms. The average molecular weight is 441 g/mol. The van der Waals surface area contributed by atoms with Gasteiger partial charge in [-0.25, -0.2) is 4.79 Å². The molecule has 31 heavy (non-hydrogen) atoms. The van der Waals surface area contributed by atoms with E-state index in [9.17, 15) is 9.59 Å². The lowest BCUT2D eigenvalue weighted by molar-refractivity contribution is -0.120. The summed E-state index contributed by atoms with van der Waals surface area (Å²) in [6.45, 7) is 3.04. The van der Waals surface area contributed by atoms with Crippen LogP contribution in [0.2, 0.25) is 0 Å². The van der Waals surface area contributed by atoms with Crippen LogP contribution in [0.5, 0.6) is 0 Å². The fourth-order valence-corrected chi connectivity index (χ4v) is 3.46. The number of rotatable bonds is 13. The number of hydrogen-bond donors (Lipinski definition) is 2. The molecule has 0 saturated heterocycles. The predicted octanol–water partition coefficient (Wildman–Crippen LogP) is 4.98. The van der Waals surface area contributed by atoms with Crippen molar-refractivity contribution in [3.8, 4) is 0 Å². The van der Waals surface area contributed by atoms with Crippen LogP contribution in [-0.2, 0) is 22.6 Å². The molecule has 0 aromatic heterocycles. The topological polar surface area (TPSA) is 67.4 Å². The SMILES string of the molecule is CCCC(=S)NCCCC[C@H](NC(=O)OCc1ccccc1)C(=O)Cc1ccccc1. The maximum atomic E-state index is 12.9. The van der Waals surface area contributed by atoms with Gasteiger partial charge in [0.15, 0.2) is 5.78 Å². The van der Waals surface area contributed by atoms with Gasteiger partial charge in [-0.15, -0.1) is 0 Å². The first-order valence-electron chi connectivity index (χ1n) is 10.9. The Kier molecular flexibility index (Phi) is 11.3. The molecule has 0 aliphatic heterocycles. The zero-order valence-electron chi connectivity index (χ0n) is 18.1. The minimum atomic E-state index is -0.578. The van der Waals surface area contributed by atoms with Crippen molar-refractivity contribution in [2.75, 3.05) is 6.54 Å². The van der Waals surface area contributed by atoms with Crippen molar-refractivity contribution in [2.24, 2.45) is 0 Å². The van der Waals surface area contributed by atoms with Gasteiger partial charge in [-0.1, -0.05) is 79.8 Å². The summed E-state index contributed by atoms with van der Waals surface area (Å²) in [5.41, 5.74) is 1.84. The van der Waals surface area contributed by atoms with Crippen LogP contribution in [0.15, 0.2) is 60.7 Å². The summed E-state index contributed by atoms with van der Waals surface area (Å²) in [7, 11) is 0. The van der Waals surface area contributed by atoms with E-state index in [1.807, 2.05) is 60.7 Å². The van der Waals surface area contributed by atoms with Gasteiger partial charge >= 0.3 is 6.09 Å². The molecule has 0 radical (unpaired) electrons. The third-order valence-electron chi connectivity index (χ3n) is 4.83. The molecule has 0 unspecified atom stereocenters. The van der Waals surface area contributed by atoms with E-state index >= 15 is 0 Å². The third kappa shape index (κ3) is 10.2. The second-order valence-corrected chi connectivity index (χ2v) is 7.98. The molecule has 166 valence electrons. The van der Waals surface area contributed by atoms with Gasteiger partial charge in [-0.05, 0) is 43.2 Å². The second kappa shape index (κ2) is 14.3. The first-order chi connectivity index (χ1) is 15.1. The Morgan fingerprint density at radius 1 is 0.968 bits per heavy atom. The van der Waals surface area contributed by atoms with Gasteiger partial charge in [0.25, 0.3) is 0 Å². The molecule has 6 heteroatoms. The Hall–Kier alpha value is -2.73. The van der Waals surface area contributed by atoms with E-state index in [1.54, 1.807) is 0 Å². The average Bonchev–Trinajstić information content (AvgIpc) is 2.78. The van der Waals surface area contributed by atoms with E-state index < -0.39 is 12.1 Å². The summed E-state index contributed by atoms with van der Waals surface area (Å²) in [6.07, 6.45) is 3.86. The monoisotopic (exact) mass is 440 g/mol. The normalized spacial score (nSPS) is 11.4. The van der Waals surface area contributed by atoms with Crippen LogP contribution in [-0.4, -0.2) is 29.5 Å². The minimum Gasteiger partial charge on any atom is -0.445 e. The van der Waals surface area contributed by atoms with Crippen molar-refractivity contribution in [2.45, 2.75) is 58.1 Å². The van der Waals surface area contributed by atoms with Crippen molar-refractivity contribution in [1.82, 2.24) is 10.6 Å². The summed E-state index contributed by atoms with van der Waals surface area (Å²) in [5.74, 6) is -0.0164. The van der Waals surface area contributed by atoms with Gasteiger partial charge in [-0.3, -0.25) is 4.79 Å². The van der Waals surface area contributed by atoms with E-state index in [4.69, 9.17) is 17.0 Å². The Labute approximate surface area is 190 Å². The van der Waals surface area contributed by atoms with Gasteiger partial charge in [0.05, 0.1) is 11.0 Å². The summed E-state index contributed by atoms with van der Waals surface area (Å²) in [6, 6.07) is 18.5.